The Morgan fingerprint density at radius 3 is 2.12 bits per heavy atom. The van der Waals surface area contributed by atoms with Crippen molar-refractivity contribution in [3.05, 3.63) is 29.8 Å². The van der Waals surface area contributed by atoms with Gasteiger partial charge in [0.2, 0.25) is 0 Å². The van der Waals surface area contributed by atoms with Gasteiger partial charge in [-0.25, -0.2) is 0 Å². The summed E-state index contributed by atoms with van der Waals surface area (Å²) in [5.74, 6) is 0.278. The highest BCUT2D eigenvalue weighted by atomic mass is 32.2. The van der Waals surface area contributed by atoms with Gasteiger partial charge >= 0.3 is 10.1 Å². The fourth-order valence-corrected chi connectivity index (χ4v) is 1.69. The molecule has 0 amide bonds. The van der Waals surface area contributed by atoms with E-state index in [9.17, 15) is 13.5 Å². The van der Waals surface area contributed by atoms with E-state index in [1.165, 1.54) is 0 Å². The van der Waals surface area contributed by atoms with Crippen LogP contribution in [0.15, 0.2) is 24.3 Å². The summed E-state index contributed by atoms with van der Waals surface area (Å²) in [6.45, 7) is 3.83. The summed E-state index contributed by atoms with van der Waals surface area (Å²) in [5.41, 5.74) is 0.583. The van der Waals surface area contributed by atoms with Gasteiger partial charge in [0.05, 0.1) is 12.9 Å². The number of rotatable bonds is 4. The van der Waals surface area contributed by atoms with Crippen molar-refractivity contribution >= 4 is 10.1 Å². The molecule has 0 atom stereocenters. The number of aliphatic hydroxyl groups is 1. The maximum absolute atomic E-state index is 10.9. The Morgan fingerprint density at radius 2 is 1.75 bits per heavy atom. The third-order valence-corrected chi connectivity index (χ3v) is 2.77. The average molecular weight is 244 g/mol. The van der Waals surface area contributed by atoms with E-state index >= 15 is 0 Å². The van der Waals surface area contributed by atoms with Gasteiger partial charge < -0.3 is 9.29 Å². The normalized spacial score (nSPS) is 12.5. The molecule has 0 aliphatic carbocycles. The lowest BCUT2D eigenvalue weighted by Crippen LogP contribution is -2.21. The van der Waals surface area contributed by atoms with Gasteiger partial charge in [-0.3, -0.25) is 0 Å². The van der Waals surface area contributed by atoms with Crippen molar-refractivity contribution in [1.29, 1.82) is 0 Å². The SMILES string of the molecule is CC(C)(CO)c1ccc(OS(C)(=O)=O)cc1. The molecule has 0 aliphatic rings. The molecule has 5 heteroatoms. The summed E-state index contributed by atoms with van der Waals surface area (Å²) in [4.78, 5) is 0. The fourth-order valence-electron chi connectivity index (χ4n) is 1.23. The van der Waals surface area contributed by atoms with Gasteiger partial charge in [-0.05, 0) is 17.7 Å². The lowest BCUT2D eigenvalue weighted by Gasteiger charge is -2.22. The smallest absolute Gasteiger partial charge is 0.306 e. The predicted molar refractivity (Wildman–Crippen MR) is 62.0 cm³/mol. The van der Waals surface area contributed by atoms with Gasteiger partial charge in [-0.15, -0.1) is 0 Å². The molecule has 0 radical (unpaired) electrons. The lowest BCUT2D eigenvalue weighted by molar-refractivity contribution is 0.218. The largest absolute Gasteiger partial charge is 0.395 e. The average Bonchev–Trinajstić information content (AvgIpc) is 2.16. The Balaban J connectivity index is 2.92. The van der Waals surface area contributed by atoms with Crippen LogP contribution in [-0.4, -0.2) is 26.4 Å². The summed E-state index contributed by atoms with van der Waals surface area (Å²) >= 11 is 0. The molecule has 0 saturated carbocycles. The first-order valence-electron chi connectivity index (χ1n) is 4.85. The zero-order valence-electron chi connectivity index (χ0n) is 9.60. The van der Waals surface area contributed by atoms with E-state index in [0.29, 0.717) is 0 Å². The van der Waals surface area contributed by atoms with Crippen LogP contribution in [0.25, 0.3) is 0 Å². The highest BCUT2D eigenvalue weighted by Gasteiger charge is 2.19. The zero-order valence-corrected chi connectivity index (χ0v) is 10.4. The molecular weight excluding hydrogens is 228 g/mol. The van der Waals surface area contributed by atoms with E-state index < -0.39 is 10.1 Å². The topological polar surface area (TPSA) is 63.6 Å². The quantitative estimate of drug-likeness (QED) is 0.811. The van der Waals surface area contributed by atoms with E-state index in [1.807, 2.05) is 13.8 Å². The molecule has 0 saturated heterocycles. The molecule has 1 N–H and O–H groups in total. The summed E-state index contributed by atoms with van der Waals surface area (Å²) in [7, 11) is -3.48. The van der Waals surface area contributed by atoms with Crippen LogP contribution in [0.3, 0.4) is 0 Å². The zero-order chi connectivity index (χ0) is 12.4. The van der Waals surface area contributed by atoms with Crippen molar-refractivity contribution in [2.75, 3.05) is 12.9 Å². The van der Waals surface area contributed by atoms with Crippen molar-refractivity contribution in [3.8, 4) is 5.75 Å². The van der Waals surface area contributed by atoms with Crippen molar-refractivity contribution in [2.24, 2.45) is 0 Å². The highest BCUT2D eigenvalue weighted by molar-refractivity contribution is 7.86. The minimum absolute atomic E-state index is 0.0271. The van der Waals surface area contributed by atoms with Gasteiger partial charge in [0, 0.05) is 5.41 Å². The Labute approximate surface area is 96.0 Å². The maximum Gasteiger partial charge on any atom is 0.306 e. The van der Waals surface area contributed by atoms with Crippen LogP contribution >= 0.6 is 0 Å². The molecule has 16 heavy (non-hydrogen) atoms. The first-order chi connectivity index (χ1) is 7.24. The van der Waals surface area contributed by atoms with E-state index in [4.69, 9.17) is 4.18 Å². The Hall–Kier alpha value is -1.07. The summed E-state index contributed by atoms with van der Waals surface area (Å²) in [6.07, 6.45) is 0.999. The van der Waals surface area contributed by atoms with Crippen LogP contribution in [0.5, 0.6) is 5.75 Å². The molecule has 4 nitrogen and oxygen atoms in total. The lowest BCUT2D eigenvalue weighted by atomic mass is 9.86. The molecule has 0 aliphatic heterocycles. The summed E-state index contributed by atoms with van der Waals surface area (Å²) in [5, 5.41) is 9.18. The van der Waals surface area contributed by atoms with Crippen LogP contribution in [-0.2, 0) is 15.5 Å². The summed E-state index contributed by atoms with van der Waals surface area (Å²) in [6, 6.07) is 6.65. The Kier molecular flexibility index (Phi) is 3.60. The molecular formula is C11H16O4S. The third kappa shape index (κ3) is 3.50. The number of aliphatic hydroxyl groups excluding tert-OH is 1. The first-order valence-corrected chi connectivity index (χ1v) is 6.67. The van der Waals surface area contributed by atoms with Gasteiger partial charge in [0.1, 0.15) is 5.75 Å². The molecule has 0 spiro atoms. The molecule has 0 aromatic heterocycles. The van der Waals surface area contributed by atoms with E-state index in [1.54, 1.807) is 24.3 Å². The Morgan fingerprint density at radius 1 is 1.25 bits per heavy atom. The van der Waals surface area contributed by atoms with Crippen LogP contribution in [0.1, 0.15) is 19.4 Å². The molecule has 0 heterocycles. The second-order valence-electron chi connectivity index (χ2n) is 4.35. The molecule has 0 unspecified atom stereocenters. The van der Waals surface area contributed by atoms with Gasteiger partial charge in [-0.1, -0.05) is 26.0 Å². The standard InChI is InChI=1S/C11H16O4S/c1-11(2,8-12)9-4-6-10(7-5-9)15-16(3,13)14/h4-7,12H,8H2,1-3H3. The van der Waals surface area contributed by atoms with E-state index in [2.05, 4.69) is 0 Å². The molecule has 90 valence electrons. The Bertz CT molecular complexity index is 445. The minimum Gasteiger partial charge on any atom is -0.395 e. The molecule has 1 aromatic rings. The monoisotopic (exact) mass is 244 g/mol. The first kappa shape index (κ1) is 13.0. The van der Waals surface area contributed by atoms with Crippen molar-refractivity contribution in [2.45, 2.75) is 19.3 Å². The molecule has 1 rings (SSSR count). The summed E-state index contributed by atoms with van der Waals surface area (Å²) < 4.78 is 26.5. The third-order valence-electron chi connectivity index (χ3n) is 2.28. The van der Waals surface area contributed by atoms with Gasteiger partial charge in [-0.2, -0.15) is 8.42 Å². The number of hydrogen-bond acceptors (Lipinski definition) is 4. The highest BCUT2D eigenvalue weighted by Crippen LogP contribution is 2.24. The van der Waals surface area contributed by atoms with Crippen molar-refractivity contribution < 1.29 is 17.7 Å². The second-order valence-corrected chi connectivity index (χ2v) is 5.93. The van der Waals surface area contributed by atoms with Crippen LogP contribution in [0.4, 0.5) is 0 Å². The van der Waals surface area contributed by atoms with Crippen LogP contribution in [0.2, 0.25) is 0 Å². The fraction of sp³-hybridized carbons (Fsp3) is 0.455. The van der Waals surface area contributed by atoms with Crippen molar-refractivity contribution in [3.63, 3.8) is 0 Å². The number of hydrogen-bond donors (Lipinski definition) is 1. The van der Waals surface area contributed by atoms with Gasteiger partial charge in [0.25, 0.3) is 0 Å². The minimum atomic E-state index is -3.48. The van der Waals surface area contributed by atoms with Gasteiger partial charge in [0.15, 0.2) is 0 Å². The molecule has 0 fully saturated rings. The molecule has 1 aromatic carbocycles. The van der Waals surface area contributed by atoms with E-state index in [0.717, 1.165) is 11.8 Å². The molecule has 0 bridgehead atoms. The second kappa shape index (κ2) is 4.43. The van der Waals surface area contributed by atoms with E-state index in [-0.39, 0.29) is 17.8 Å². The predicted octanol–water partition coefficient (Wildman–Crippen LogP) is 1.29. The number of benzene rings is 1. The van der Waals surface area contributed by atoms with Crippen LogP contribution in [0, 0.1) is 0 Å². The van der Waals surface area contributed by atoms with Crippen LogP contribution < -0.4 is 4.18 Å². The maximum atomic E-state index is 10.9. The van der Waals surface area contributed by atoms with Crippen molar-refractivity contribution in [1.82, 2.24) is 0 Å².